The van der Waals surface area contributed by atoms with Crippen LogP contribution in [0.25, 0.3) is 22.4 Å². The van der Waals surface area contributed by atoms with E-state index >= 15 is 0 Å². The topological polar surface area (TPSA) is 69.9 Å². The molecule has 18 heavy (non-hydrogen) atoms. The van der Waals surface area contributed by atoms with Gasteiger partial charge in [0.1, 0.15) is 11.3 Å². The number of aryl methyl sites for hydroxylation is 2. The molecule has 5 heteroatoms. The standard InChI is InChI=1S/C13H14N4O/c1-7-12(17(3)16-13(7)14)9-4-5-10-11(6-9)18-8(2)15-10/h4-6H,1-3H3,(H2,14,16). The molecular formula is C13H14N4O. The summed E-state index contributed by atoms with van der Waals surface area (Å²) in [6.45, 7) is 3.81. The number of fused-ring (bicyclic) bond motifs is 1. The largest absolute Gasteiger partial charge is 0.441 e. The smallest absolute Gasteiger partial charge is 0.192 e. The third kappa shape index (κ3) is 1.48. The second-order valence-corrected chi connectivity index (χ2v) is 4.40. The van der Waals surface area contributed by atoms with Crippen LogP contribution in [0.2, 0.25) is 0 Å². The normalized spacial score (nSPS) is 11.3. The first-order chi connectivity index (χ1) is 8.56. The highest BCUT2D eigenvalue weighted by Crippen LogP contribution is 2.29. The molecule has 3 aromatic rings. The SMILES string of the molecule is Cc1nc2ccc(-c3c(C)c(N)nn3C)cc2o1. The number of rotatable bonds is 1. The van der Waals surface area contributed by atoms with Crippen LogP contribution in [0.5, 0.6) is 0 Å². The van der Waals surface area contributed by atoms with Gasteiger partial charge < -0.3 is 10.2 Å². The number of oxazole rings is 1. The molecule has 5 nitrogen and oxygen atoms in total. The number of nitrogens with zero attached hydrogens (tertiary/aromatic N) is 3. The third-order valence-electron chi connectivity index (χ3n) is 3.09. The maximum absolute atomic E-state index is 5.83. The van der Waals surface area contributed by atoms with Crippen molar-refractivity contribution in [2.45, 2.75) is 13.8 Å². The van der Waals surface area contributed by atoms with Crippen LogP contribution in [0, 0.1) is 13.8 Å². The Morgan fingerprint density at radius 1 is 1.28 bits per heavy atom. The molecule has 0 radical (unpaired) electrons. The summed E-state index contributed by atoms with van der Waals surface area (Å²) in [5.74, 6) is 1.23. The molecule has 0 saturated heterocycles. The van der Waals surface area contributed by atoms with Crippen molar-refractivity contribution in [3.8, 4) is 11.3 Å². The van der Waals surface area contributed by atoms with Gasteiger partial charge in [0.15, 0.2) is 11.5 Å². The van der Waals surface area contributed by atoms with E-state index in [1.165, 1.54) is 0 Å². The van der Waals surface area contributed by atoms with Crippen molar-refractivity contribution in [1.82, 2.24) is 14.8 Å². The van der Waals surface area contributed by atoms with Crippen molar-refractivity contribution in [1.29, 1.82) is 0 Å². The van der Waals surface area contributed by atoms with Crippen LogP contribution < -0.4 is 5.73 Å². The molecule has 0 atom stereocenters. The van der Waals surface area contributed by atoms with Gasteiger partial charge in [-0.1, -0.05) is 6.07 Å². The van der Waals surface area contributed by atoms with E-state index in [0.29, 0.717) is 11.7 Å². The summed E-state index contributed by atoms with van der Waals surface area (Å²) >= 11 is 0. The zero-order valence-corrected chi connectivity index (χ0v) is 10.6. The lowest BCUT2D eigenvalue weighted by Crippen LogP contribution is -1.94. The summed E-state index contributed by atoms with van der Waals surface area (Å²) < 4.78 is 7.33. The molecule has 1 aromatic carbocycles. The predicted octanol–water partition coefficient (Wildman–Crippen LogP) is 2.43. The summed E-state index contributed by atoms with van der Waals surface area (Å²) in [7, 11) is 1.88. The number of benzene rings is 1. The van der Waals surface area contributed by atoms with Crippen LogP contribution in [0.4, 0.5) is 5.82 Å². The Balaban J connectivity index is 2.24. The molecule has 0 aliphatic rings. The second kappa shape index (κ2) is 3.60. The molecule has 0 bridgehead atoms. The molecule has 0 unspecified atom stereocenters. The van der Waals surface area contributed by atoms with Gasteiger partial charge in [-0.3, -0.25) is 4.68 Å². The van der Waals surface area contributed by atoms with Crippen molar-refractivity contribution in [2.24, 2.45) is 7.05 Å². The van der Waals surface area contributed by atoms with Crippen molar-refractivity contribution in [2.75, 3.05) is 5.73 Å². The van der Waals surface area contributed by atoms with Crippen LogP contribution >= 0.6 is 0 Å². The minimum atomic E-state index is 0.557. The first kappa shape index (κ1) is 10.8. The van der Waals surface area contributed by atoms with E-state index in [4.69, 9.17) is 10.2 Å². The highest BCUT2D eigenvalue weighted by atomic mass is 16.3. The van der Waals surface area contributed by atoms with E-state index in [-0.39, 0.29) is 0 Å². The molecule has 92 valence electrons. The highest BCUT2D eigenvalue weighted by Gasteiger charge is 2.13. The van der Waals surface area contributed by atoms with Gasteiger partial charge in [0.2, 0.25) is 0 Å². The maximum atomic E-state index is 5.83. The molecule has 0 amide bonds. The van der Waals surface area contributed by atoms with Crippen LogP contribution in [0.3, 0.4) is 0 Å². The van der Waals surface area contributed by atoms with Gasteiger partial charge in [0.25, 0.3) is 0 Å². The van der Waals surface area contributed by atoms with Gasteiger partial charge in [0, 0.05) is 25.1 Å². The zero-order valence-electron chi connectivity index (χ0n) is 10.6. The molecular weight excluding hydrogens is 228 g/mol. The molecule has 0 aliphatic carbocycles. The second-order valence-electron chi connectivity index (χ2n) is 4.40. The molecule has 0 fully saturated rings. The van der Waals surface area contributed by atoms with Gasteiger partial charge in [-0.25, -0.2) is 4.98 Å². The Labute approximate surface area is 104 Å². The molecule has 0 aliphatic heterocycles. The summed E-state index contributed by atoms with van der Waals surface area (Å²) in [5, 5.41) is 4.22. The van der Waals surface area contributed by atoms with Crippen molar-refractivity contribution < 1.29 is 4.42 Å². The number of hydrogen-bond donors (Lipinski definition) is 1. The van der Waals surface area contributed by atoms with Crippen molar-refractivity contribution >= 4 is 16.9 Å². The summed E-state index contributed by atoms with van der Waals surface area (Å²) in [6, 6.07) is 5.93. The first-order valence-electron chi connectivity index (χ1n) is 5.73. The Bertz CT molecular complexity index is 739. The Hall–Kier alpha value is -2.30. The monoisotopic (exact) mass is 242 g/mol. The summed E-state index contributed by atoms with van der Waals surface area (Å²) in [4.78, 5) is 4.28. The minimum absolute atomic E-state index is 0.557. The van der Waals surface area contributed by atoms with Gasteiger partial charge in [-0.2, -0.15) is 5.10 Å². The van der Waals surface area contributed by atoms with Crippen molar-refractivity contribution in [3.63, 3.8) is 0 Å². The molecule has 3 rings (SSSR count). The van der Waals surface area contributed by atoms with Crippen LogP contribution in [-0.4, -0.2) is 14.8 Å². The third-order valence-corrected chi connectivity index (χ3v) is 3.09. The van der Waals surface area contributed by atoms with Crippen LogP contribution in [0.1, 0.15) is 11.5 Å². The van der Waals surface area contributed by atoms with Gasteiger partial charge in [-0.05, 0) is 19.1 Å². The number of hydrogen-bond acceptors (Lipinski definition) is 4. The maximum Gasteiger partial charge on any atom is 0.192 e. The number of anilines is 1. The molecule has 2 aromatic heterocycles. The quantitative estimate of drug-likeness (QED) is 0.711. The highest BCUT2D eigenvalue weighted by molar-refractivity contribution is 5.81. The average Bonchev–Trinajstić information content (AvgIpc) is 2.78. The molecule has 0 spiro atoms. The van der Waals surface area contributed by atoms with E-state index in [9.17, 15) is 0 Å². The predicted molar refractivity (Wildman–Crippen MR) is 70.1 cm³/mol. The number of nitrogens with two attached hydrogens (primary N) is 1. The number of aromatic nitrogens is 3. The molecule has 0 saturated carbocycles. The lowest BCUT2D eigenvalue weighted by Gasteiger charge is -2.03. The summed E-state index contributed by atoms with van der Waals surface area (Å²) in [6.07, 6.45) is 0. The Morgan fingerprint density at radius 3 is 2.72 bits per heavy atom. The van der Waals surface area contributed by atoms with E-state index in [0.717, 1.165) is 27.9 Å². The van der Waals surface area contributed by atoms with Crippen LogP contribution in [0.15, 0.2) is 22.6 Å². The lowest BCUT2D eigenvalue weighted by atomic mass is 10.1. The summed E-state index contributed by atoms with van der Waals surface area (Å²) in [5.41, 5.74) is 10.5. The fourth-order valence-electron chi connectivity index (χ4n) is 2.24. The van der Waals surface area contributed by atoms with E-state index in [1.807, 2.05) is 39.1 Å². The number of nitrogen functional groups attached to an aromatic ring is 1. The van der Waals surface area contributed by atoms with E-state index in [1.54, 1.807) is 4.68 Å². The van der Waals surface area contributed by atoms with Crippen molar-refractivity contribution in [3.05, 3.63) is 29.7 Å². The Kier molecular flexibility index (Phi) is 2.16. The fraction of sp³-hybridized carbons (Fsp3) is 0.231. The minimum Gasteiger partial charge on any atom is -0.441 e. The van der Waals surface area contributed by atoms with Gasteiger partial charge in [0.05, 0.1) is 5.69 Å². The van der Waals surface area contributed by atoms with Crippen LogP contribution in [-0.2, 0) is 7.05 Å². The first-order valence-corrected chi connectivity index (χ1v) is 5.73. The average molecular weight is 242 g/mol. The lowest BCUT2D eigenvalue weighted by molar-refractivity contribution is 0.561. The Morgan fingerprint density at radius 2 is 2.06 bits per heavy atom. The van der Waals surface area contributed by atoms with E-state index < -0.39 is 0 Å². The fourth-order valence-corrected chi connectivity index (χ4v) is 2.24. The molecule has 2 N–H and O–H groups in total. The molecule has 2 heterocycles. The van der Waals surface area contributed by atoms with E-state index in [2.05, 4.69) is 10.1 Å². The zero-order chi connectivity index (χ0) is 12.9. The van der Waals surface area contributed by atoms with Gasteiger partial charge in [-0.15, -0.1) is 0 Å². The van der Waals surface area contributed by atoms with Gasteiger partial charge >= 0.3 is 0 Å².